The largest absolute Gasteiger partial charge is 0.355 e. The fraction of sp³-hybridized carbons (Fsp3) is 0.923. The molecule has 17 heavy (non-hydrogen) atoms. The molecule has 0 aliphatic carbocycles. The van der Waals surface area contributed by atoms with E-state index < -0.39 is 0 Å². The smallest absolute Gasteiger partial charge is 0.236 e. The Morgan fingerprint density at radius 3 is 2.65 bits per heavy atom. The average Bonchev–Trinajstić information content (AvgIpc) is 2.84. The maximum atomic E-state index is 11.6. The molecule has 4 heteroatoms. The summed E-state index contributed by atoms with van der Waals surface area (Å²) in [5.74, 6) is 0.119. The lowest BCUT2D eigenvalue weighted by Gasteiger charge is -2.16. The van der Waals surface area contributed by atoms with Crippen LogP contribution >= 0.6 is 0 Å². The molecule has 2 N–H and O–H groups in total. The summed E-state index contributed by atoms with van der Waals surface area (Å²) in [6.07, 6.45) is 4.82. The minimum absolute atomic E-state index is 0.0693. The highest BCUT2D eigenvalue weighted by molar-refractivity contribution is 5.81. The van der Waals surface area contributed by atoms with Gasteiger partial charge >= 0.3 is 0 Å². The molecule has 100 valence electrons. The van der Waals surface area contributed by atoms with Gasteiger partial charge in [0.25, 0.3) is 0 Å². The van der Waals surface area contributed by atoms with Crippen molar-refractivity contribution in [2.24, 2.45) is 0 Å². The molecule has 1 fully saturated rings. The number of rotatable bonds is 8. The monoisotopic (exact) mass is 241 g/mol. The van der Waals surface area contributed by atoms with E-state index in [4.69, 9.17) is 0 Å². The second kappa shape index (κ2) is 8.48. The normalized spacial score (nSPS) is 18.2. The molecule has 1 atom stereocenters. The Morgan fingerprint density at radius 2 is 2.00 bits per heavy atom. The van der Waals surface area contributed by atoms with E-state index in [9.17, 15) is 4.79 Å². The predicted molar refractivity (Wildman–Crippen MR) is 71.1 cm³/mol. The standard InChI is InChI=1S/C13H27N3O/c1-3-7-15-13(17)12(2)14-8-6-11-16-9-4-5-10-16/h12,14H,3-11H2,1-2H3,(H,15,17). The van der Waals surface area contributed by atoms with Crippen LogP contribution < -0.4 is 10.6 Å². The molecule has 1 amide bonds. The molecule has 1 unspecified atom stereocenters. The molecule has 1 rings (SSSR count). The van der Waals surface area contributed by atoms with E-state index in [0.29, 0.717) is 0 Å². The van der Waals surface area contributed by atoms with Gasteiger partial charge in [-0.1, -0.05) is 6.92 Å². The van der Waals surface area contributed by atoms with Crippen molar-refractivity contribution in [3.05, 3.63) is 0 Å². The Labute approximate surface area is 105 Å². The summed E-state index contributed by atoms with van der Waals surface area (Å²) in [4.78, 5) is 14.1. The predicted octanol–water partition coefficient (Wildman–Crippen LogP) is 0.977. The minimum atomic E-state index is -0.0693. The van der Waals surface area contributed by atoms with E-state index in [1.165, 1.54) is 25.9 Å². The third kappa shape index (κ3) is 6.03. The highest BCUT2D eigenvalue weighted by Gasteiger charge is 2.12. The highest BCUT2D eigenvalue weighted by Crippen LogP contribution is 2.06. The van der Waals surface area contributed by atoms with E-state index in [2.05, 4.69) is 22.5 Å². The second-order valence-corrected chi connectivity index (χ2v) is 4.87. The van der Waals surface area contributed by atoms with Gasteiger partial charge in [-0.3, -0.25) is 4.79 Å². The summed E-state index contributed by atoms with van der Waals surface area (Å²) in [5, 5.41) is 6.18. The molecule has 1 aliphatic heterocycles. The van der Waals surface area contributed by atoms with Crippen LogP contribution in [-0.4, -0.2) is 49.6 Å². The van der Waals surface area contributed by atoms with E-state index in [0.717, 1.165) is 32.5 Å². The van der Waals surface area contributed by atoms with Crippen LogP contribution in [0.5, 0.6) is 0 Å². The Bertz CT molecular complexity index is 215. The van der Waals surface area contributed by atoms with Gasteiger partial charge in [-0.05, 0) is 58.8 Å². The van der Waals surface area contributed by atoms with E-state index in [1.807, 2.05) is 6.92 Å². The van der Waals surface area contributed by atoms with Crippen LogP contribution in [0.1, 0.15) is 39.5 Å². The molecule has 1 heterocycles. The van der Waals surface area contributed by atoms with Gasteiger partial charge in [-0.15, -0.1) is 0 Å². The van der Waals surface area contributed by atoms with Crippen molar-refractivity contribution in [1.29, 1.82) is 0 Å². The van der Waals surface area contributed by atoms with Crippen molar-refractivity contribution in [1.82, 2.24) is 15.5 Å². The molecule has 1 saturated heterocycles. The molecule has 4 nitrogen and oxygen atoms in total. The number of nitrogens with zero attached hydrogens (tertiary/aromatic N) is 1. The quantitative estimate of drug-likeness (QED) is 0.623. The lowest BCUT2D eigenvalue weighted by molar-refractivity contribution is -0.122. The van der Waals surface area contributed by atoms with Gasteiger partial charge in [-0.25, -0.2) is 0 Å². The Kier molecular flexibility index (Phi) is 7.21. The molecular formula is C13H27N3O. The lowest BCUT2D eigenvalue weighted by Crippen LogP contribution is -2.43. The molecular weight excluding hydrogens is 214 g/mol. The summed E-state index contributed by atoms with van der Waals surface area (Å²) >= 11 is 0. The lowest BCUT2D eigenvalue weighted by atomic mass is 10.3. The highest BCUT2D eigenvalue weighted by atomic mass is 16.2. The fourth-order valence-corrected chi connectivity index (χ4v) is 2.12. The van der Waals surface area contributed by atoms with Crippen molar-refractivity contribution >= 4 is 5.91 Å². The number of nitrogens with one attached hydrogen (secondary N) is 2. The van der Waals surface area contributed by atoms with Crippen LogP contribution in [0, 0.1) is 0 Å². The second-order valence-electron chi connectivity index (χ2n) is 4.87. The van der Waals surface area contributed by atoms with E-state index in [-0.39, 0.29) is 11.9 Å². The topological polar surface area (TPSA) is 44.4 Å². The van der Waals surface area contributed by atoms with Crippen molar-refractivity contribution in [3.8, 4) is 0 Å². The zero-order valence-corrected chi connectivity index (χ0v) is 11.3. The summed E-state index contributed by atoms with van der Waals surface area (Å²) in [7, 11) is 0. The summed E-state index contributed by atoms with van der Waals surface area (Å²) < 4.78 is 0. The number of carbonyl (C=O) groups excluding carboxylic acids is 1. The van der Waals surface area contributed by atoms with Gasteiger partial charge in [-0.2, -0.15) is 0 Å². The molecule has 1 aliphatic rings. The third-order valence-corrected chi connectivity index (χ3v) is 3.24. The zero-order valence-electron chi connectivity index (χ0n) is 11.3. The van der Waals surface area contributed by atoms with Gasteiger partial charge in [0.15, 0.2) is 0 Å². The minimum Gasteiger partial charge on any atom is -0.355 e. The first-order valence-corrected chi connectivity index (χ1v) is 6.97. The van der Waals surface area contributed by atoms with Crippen LogP contribution in [0.2, 0.25) is 0 Å². The summed E-state index contributed by atoms with van der Waals surface area (Å²) in [6.45, 7) is 9.38. The summed E-state index contributed by atoms with van der Waals surface area (Å²) in [6, 6.07) is -0.0693. The van der Waals surface area contributed by atoms with Crippen LogP contribution in [0.4, 0.5) is 0 Å². The summed E-state index contributed by atoms with van der Waals surface area (Å²) in [5.41, 5.74) is 0. The number of likely N-dealkylation sites (tertiary alicyclic amines) is 1. The van der Waals surface area contributed by atoms with Crippen molar-refractivity contribution in [2.45, 2.75) is 45.6 Å². The Hall–Kier alpha value is -0.610. The first-order valence-electron chi connectivity index (χ1n) is 6.97. The van der Waals surface area contributed by atoms with E-state index in [1.54, 1.807) is 0 Å². The van der Waals surface area contributed by atoms with Gasteiger partial charge in [0.05, 0.1) is 6.04 Å². The molecule has 0 radical (unpaired) electrons. The van der Waals surface area contributed by atoms with Gasteiger partial charge < -0.3 is 15.5 Å². The first kappa shape index (κ1) is 14.5. The SMILES string of the molecule is CCCNC(=O)C(C)NCCCN1CCCC1. The van der Waals surface area contributed by atoms with Crippen LogP contribution in [0.3, 0.4) is 0 Å². The molecule has 0 spiro atoms. The van der Waals surface area contributed by atoms with Crippen molar-refractivity contribution < 1.29 is 4.79 Å². The van der Waals surface area contributed by atoms with E-state index >= 15 is 0 Å². The Balaban J connectivity index is 1.98. The molecule has 0 saturated carbocycles. The third-order valence-electron chi connectivity index (χ3n) is 3.24. The molecule has 0 aromatic rings. The number of hydrogen-bond donors (Lipinski definition) is 2. The number of carbonyl (C=O) groups is 1. The van der Waals surface area contributed by atoms with Gasteiger partial charge in [0.1, 0.15) is 0 Å². The van der Waals surface area contributed by atoms with Crippen LogP contribution in [-0.2, 0) is 4.79 Å². The number of amides is 1. The first-order chi connectivity index (χ1) is 8.24. The maximum absolute atomic E-state index is 11.6. The molecule has 0 aromatic carbocycles. The van der Waals surface area contributed by atoms with Crippen LogP contribution in [0.15, 0.2) is 0 Å². The van der Waals surface area contributed by atoms with Crippen molar-refractivity contribution in [3.63, 3.8) is 0 Å². The average molecular weight is 241 g/mol. The fourth-order valence-electron chi connectivity index (χ4n) is 2.12. The van der Waals surface area contributed by atoms with Crippen LogP contribution in [0.25, 0.3) is 0 Å². The molecule has 0 bridgehead atoms. The van der Waals surface area contributed by atoms with Crippen molar-refractivity contribution in [2.75, 3.05) is 32.7 Å². The Morgan fingerprint density at radius 1 is 1.29 bits per heavy atom. The van der Waals surface area contributed by atoms with Gasteiger partial charge in [0.2, 0.25) is 5.91 Å². The maximum Gasteiger partial charge on any atom is 0.236 e. The number of hydrogen-bond acceptors (Lipinski definition) is 3. The molecule has 0 aromatic heterocycles. The zero-order chi connectivity index (χ0) is 12.5. The van der Waals surface area contributed by atoms with Gasteiger partial charge in [0, 0.05) is 6.54 Å².